The summed E-state index contributed by atoms with van der Waals surface area (Å²) in [5.41, 5.74) is 3.31. The van der Waals surface area contributed by atoms with Crippen LogP contribution < -0.4 is 10.9 Å². The van der Waals surface area contributed by atoms with Gasteiger partial charge in [-0.15, -0.1) is 0 Å². The molecule has 0 saturated carbocycles. The fraction of sp³-hybridized carbons (Fsp3) is 0.292. The number of fused-ring (bicyclic) bond motifs is 2. The Balaban J connectivity index is 1.62. The number of carbonyl (C=O) groups is 1. The number of rotatable bonds is 5. The molecule has 1 aromatic carbocycles. The van der Waals surface area contributed by atoms with Gasteiger partial charge in [-0.05, 0) is 43.0 Å². The summed E-state index contributed by atoms with van der Waals surface area (Å²) in [6.07, 6.45) is 3.78. The highest BCUT2D eigenvalue weighted by atomic mass is 16.5. The second kappa shape index (κ2) is 8.00. The van der Waals surface area contributed by atoms with E-state index in [9.17, 15) is 9.59 Å². The minimum atomic E-state index is -0.228. The number of nitrogens with one attached hydrogen (secondary N) is 1. The van der Waals surface area contributed by atoms with Crippen LogP contribution in [-0.2, 0) is 11.3 Å². The van der Waals surface area contributed by atoms with Gasteiger partial charge in [-0.3, -0.25) is 14.0 Å². The van der Waals surface area contributed by atoms with E-state index >= 15 is 0 Å². The SMILES string of the molecule is Cc1ccc2nc3c(cc(C(=O)NC[C@H]4CCCO4)n3Cc3ccccc3)c(=O)n2c1. The van der Waals surface area contributed by atoms with Gasteiger partial charge in [0.25, 0.3) is 11.5 Å². The summed E-state index contributed by atoms with van der Waals surface area (Å²) in [5.74, 6) is -0.228. The summed E-state index contributed by atoms with van der Waals surface area (Å²) in [6, 6.07) is 15.3. The van der Waals surface area contributed by atoms with Gasteiger partial charge in [0.1, 0.15) is 17.0 Å². The molecule has 1 N–H and O–H groups in total. The Labute approximate surface area is 179 Å². The van der Waals surface area contributed by atoms with Crippen LogP contribution in [0, 0.1) is 6.92 Å². The zero-order chi connectivity index (χ0) is 21.4. The molecular formula is C24H24N4O3. The molecule has 1 atom stereocenters. The Kier molecular flexibility index (Phi) is 5.03. The number of nitrogens with zero attached hydrogens (tertiary/aromatic N) is 3. The van der Waals surface area contributed by atoms with Gasteiger partial charge in [0.05, 0.1) is 11.5 Å². The zero-order valence-corrected chi connectivity index (χ0v) is 17.4. The third-order valence-electron chi connectivity index (χ3n) is 5.74. The quantitative estimate of drug-likeness (QED) is 0.543. The van der Waals surface area contributed by atoms with E-state index in [4.69, 9.17) is 9.72 Å². The maximum absolute atomic E-state index is 13.2. The second-order valence-electron chi connectivity index (χ2n) is 8.04. The lowest BCUT2D eigenvalue weighted by atomic mass is 10.2. The normalized spacial score (nSPS) is 16.2. The lowest BCUT2D eigenvalue weighted by molar-refractivity contribution is 0.0851. The molecule has 0 aliphatic carbocycles. The molecule has 0 unspecified atom stereocenters. The highest BCUT2D eigenvalue weighted by Crippen LogP contribution is 2.19. The molecule has 1 aliphatic heterocycles. The monoisotopic (exact) mass is 416 g/mol. The van der Waals surface area contributed by atoms with Crippen LogP contribution in [0.2, 0.25) is 0 Å². The van der Waals surface area contributed by atoms with Gasteiger partial charge in [-0.2, -0.15) is 0 Å². The summed E-state index contributed by atoms with van der Waals surface area (Å²) >= 11 is 0. The fourth-order valence-electron chi connectivity index (χ4n) is 4.12. The van der Waals surface area contributed by atoms with Crippen LogP contribution >= 0.6 is 0 Å². The molecule has 1 fully saturated rings. The van der Waals surface area contributed by atoms with Gasteiger partial charge in [0, 0.05) is 25.9 Å². The molecule has 1 aliphatic rings. The van der Waals surface area contributed by atoms with Crippen LogP contribution in [0.4, 0.5) is 0 Å². The van der Waals surface area contributed by atoms with E-state index in [0.29, 0.717) is 35.5 Å². The Morgan fingerprint density at radius 1 is 1.23 bits per heavy atom. The fourth-order valence-corrected chi connectivity index (χ4v) is 4.12. The number of aryl methyl sites for hydroxylation is 1. The van der Waals surface area contributed by atoms with Crippen LogP contribution in [0.25, 0.3) is 16.7 Å². The number of benzene rings is 1. The standard InChI is InChI=1S/C24H24N4O3/c1-16-9-10-21-26-22-19(24(30)28(21)14-16)12-20(23(29)25-13-18-8-5-11-31-18)27(22)15-17-6-3-2-4-7-17/h2-4,6-7,9-10,12,14,18H,5,8,11,13,15H2,1H3,(H,25,29)/t18-/m1/s1. The molecular weight excluding hydrogens is 392 g/mol. The smallest absolute Gasteiger partial charge is 0.268 e. The second-order valence-corrected chi connectivity index (χ2v) is 8.04. The molecule has 4 aromatic rings. The van der Waals surface area contributed by atoms with E-state index in [1.165, 1.54) is 0 Å². The number of carbonyl (C=O) groups excluding carboxylic acids is 1. The first-order valence-electron chi connectivity index (χ1n) is 10.6. The number of hydrogen-bond donors (Lipinski definition) is 1. The molecule has 31 heavy (non-hydrogen) atoms. The molecule has 7 nitrogen and oxygen atoms in total. The predicted octanol–water partition coefficient (Wildman–Crippen LogP) is 2.91. The molecule has 3 aromatic heterocycles. The Morgan fingerprint density at radius 2 is 2.06 bits per heavy atom. The van der Waals surface area contributed by atoms with Crippen LogP contribution in [0.15, 0.2) is 59.5 Å². The average Bonchev–Trinajstić information content (AvgIpc) is 3.42. The summed E-state index contributed by atoms with van der Waals surface area (Å²) in [4.78, 5) is 31.1. The molecule has 0 bridgehead atoms. The topological polar surface area (TPSA) is 77.6 Å². The van der Waals surface area contributed by atoms with Crippen molar-refractivity contribution in [2.75, 3.05) is 13.2 Å². The van der Waals surface area contributed by atoms with E-state index in [2.05, 4.69) is 5.32 Å². The molecule has 1 amide bonds. The first-order valence-corrected chi connectivity index (χ1v) is 10.6. The molecule has 0 spiro atoms. The van der Waals surface area contributed by atoms with E-state index in [0.717, 1.165) is 30.6 Å². The van der Waals surface area contributed by atoms with E-state index in [-0.39, 0.29) is 17.6 Å². The van der Waals surface area contributed by atoms with Crippen LogP contribution in [-0.4, -0.2) is 39.1 Å². The van der Waals surface area contributed by atoms with Crippen LogP contribution in [0.3, 0.4) is 0 Å². The van der Waals surface area contributed by atoms with Crippen LogP contribution in [0.1, 0.15) is 34.5 Å². The number of hydrogen-bond acceptors (Lipinski definition) is 4. The van der Waals surface area contributed by atoms with Gasteiger partial charge in [-0.1, -0.05) is 36.4 Å². The van der Waals surface area contributed by atoms with Gasteiger partial charge in [0.2, 0.25) is 0 Å². The Bertz CT molecular complexity index is 1320. The summed E-state index contributed by atoms with van der Waals surface area (Å²) in [7, 11) is 0. The number of ether oxygens (including phenoxy) is 1. The van der Waals surface area contributed by atoms with Gasteiger partial charge in [0.15, 0.2) is 0 Å². The molecule has 5 rings (SSSR count). The molecule has 7 heteroatoms. The molecule has 158 valence electrons. The van der Waals surface area contributed by atoms with Gasteiger partial charge >= 0.3 is 0 Å². The highest BCUT2D eigenvalue weighted by Gasteiger charge is 2.22. The lowest BCUT2D eigenvalue weighted by Gasteiger charge is -2.13. The van der Waals surface area contributed by atoms with Crippen LogP contribution in [0.5, 0.6) is 0 Å². The Hall–Kier alpha value is -3.45. The molecule has 1 saturated heterocycles. The number of aromatic nitrogens is 3. The van der Waals surface area contributed by atoms with Crippen molar-refractivity contribution in [3.63, 3.8) is 0 Å². The Morgan fingerprint density at radius 3 is 2.84 bits per heavy atom. The first kappa shape index (κ1) is 19.5. The van der Waals surface area contributed by atoms with E-state index in [1.807, 2.05) is 54.0 Å². The molecule has 4 heterocycles. The largest absolute Gasteiger partial charge is 0.376 e. The minimum absolute atomic E-state index is 0.0465. The number of amides is 1. The maximum atomic E-state index is 13.2. The van der Waals surface area contributed by atoms with Gasteiger partial charge < -0.3 is 14.6 Å². The minimum Gasteiger partial charge on any atom is -0.376 e. The summed E-state index contributed by atoms with van der Waals surface area (Å²) in [5, 5.41) is 3.41. The molecule has 0 radical (unpaired) electrons. The number of pyridine rings is 1. The summed E-state index contributed by atoms with van der Waals surface area (Å²) < 4.78 is 8.99. The van der Waals surface area contributed by atoms with Crippen molar-refractivity contribution >= 4 is 22.6 Å². The third-order valence-corrected chi connectivity index (χ3v) is 5.74. The third kappa shape index (κ3) is 3.72. The van der Waals surface area contributed by atoms with Crippen molar-refractivity contribution in [3.05, 3.63) is 81.9 Å². The summed E-state index contributed by atoms with van der Waals surface area (Å²) in [6.45, 7) is 3.57. The maximum Gasteiger partial charge on any atom is 0.268 e. The zero-order valence-electron chi connectivity index (χ0n) is 17.4. The highest BCUT2D eigenvalue weighted by molar-refractivity contribution is 5.98. The van der Waals surface area contributed by atoms with Crippen molar-refractivity contribution < 1.29 is 9.53 Å². The van der Waals surface area contributed by atoms with Crippen molar-refractivity contribution in [2.45, 2.75) is 32.4 Å². The van der Waals surface area contributed by atoms with Crippen molar-refractivity contribution in [1.29, 1.82) is 0 Å². The van der Waals surface area contributed by atoms with Crippen molar-refractivity contribution in [1.82, 2.24) is 19.3 Å². The van der Waals surface area contributed by atoms with Crippen molar-refractivity contribution in [2.24, 2.45) is 0 Å². The first-order chi connectivity index (χ1) is 15.1. The van der Waals surface area contributed by atoms with E-state index in [1.54, 1.807) is 16.7 Å². The van der Waals surface area contributed by atoms with Gasteiger partial charge in [-0.25, -0.2) is 4.98 Å². The van der Waals surface area contributed by atoms with E-state index < -0.39 is 0 Å². The van der Waals surface area contributed by atoms with Crippen molar-refractivity contribution in [3.8, 4) is 0 Å². The average molecular weight is 416 g/mol. The lowest BCUT2D eigenvalue weighted by Crippen LogP contribution is -2.33. The predicted molar refractivity (Wildman–Crippen MR) is 119 cm³/mol.